The van der Waals surface area contributed by atoms with Crippen LogP contribution < -0.4 is 4.90 Å². The van der Waals surface area contributed by atoms with E-state index in [1.54, 1.807) is 6.20 Å². The second-order valence-electron chi connectivity index (χ2n) is 9.62. The molecule has 1 amide bonds. The number of aryl methyl sites for hydroxylation is 1. The van der Waals surface area contributed by atoms with Gasteiger partial charge < -0.3 is 9.80 Å². The zero-order chi connectivity index (χ0) is 23.8. The molecule has 0 saturated carbocycles. The van der Waals surface area contributed by atoms with Gasteiger partial charge in [0, 0.05) is 49.2 Å². The molecule has 1 aromatic carbocycles. The number of pyridine rings is 1. The molecule has 2 saturated heterocycles. The van der Waals surface area contributed by atoms with Crippen LogP contribution in [0.25, 0.3) is 16.8 Å². The van der Waals surface area contributed by atoms with Gasteiger partial charge in [-0.15, -0.1) is 0 Å². The SMILES string of the molecule is Cc1cn2nc(C3CCCCN3C(=O)c3ccc(-c4ccccc4)cn3)cc2nc1N1CCCC1. The molecule has 7 nitrogen and oxygen atoms in total. The highest BCUT2D eigenvalue weighted by atomic mass is 16.2. The van der Waals surface area contributed by atoms with Crippen LogP contribution in [0.5, 0.6) is 0 Å². The minimum absolute atomic E-state index is 0.0340. The number of likely N-dealkylation sites (tertiary alicyclic amines) is 1. The zero-order valence-electron chi connectivity index (χ0n) is 20.1. The first kappa shape index (κ1) is 21.8. The predicted octanol–water partition coefficient (Wildman–Crippen LogP) is 5.07. The van der Waals surface area contributed by atoms with Crippen LogP contribution in [0.1, 0.15) is 59.9 Å². The molecule has 0 radical (unpaired) electrons. The molecular formula is C28H30N6O. The van der Waals surface area contributed by atoms with E-state index in [1.807, 2.05) is 51.9 Å². The molecule has 6 rings (SSSR count). The van der Waals surface area contributed by atoms with Gasteiger partial charge in [-0.1, -0.05) is 36.4 Å². The molecule has 0 bridgehead atoms. The standard InChI is InChI=1S/C28H30N6O/c1-20-19-34-26(30-27(20)32-14-7-8-15-32)17-24(31-34)25-11-5-6-16-33(25)28(35)23-13-12-22(18-29-23)21-9-3-2-4-10-21/h2-4,9-10,12-13,17-19,25H,5-8,11,14-16H2,1H3. The number of anilines is 1. The van der Waals surface area contributed by atoms with E-state index in [0.29, 0.717) is 12.2 Å². The number of hydrogen-bond acceptors (Lipinski definition) is 5. The lowest BCUT2D eigenvalue weighted by Crippen LogP contribution is -2.39. The topological polar surface area (TPSA) is 66.6 Å². The van der Waals surface area contributed by atoms with E-state index >= 15 is 0 Å². The number of fused-ring (bicyclic) bond motifs is 1. The molecule has 5 heterocycles. The maximum Gasteiger partial charge on any atom is 0.273 e. The smallest absolute Gasteiger partial charge is 0.273 e. The van der Waals surface area contributed by atoms with E-state index in [-0.39, 0.29) is 11.9 Å². The van der Waals surface area contributed by atoms with Gasteiger partial charge in [-0.25, -0.2) is 9.50 Å². The number of amides is 1. The lowest BCUT2D eigenvalue weighted by atomic mass is 9.98. The summed E-state index contributed by atoms with van der Waals surface area (Å²) in [6.07, 6.45) is 9.27. The number of carbonyl (C=O) groups excluding carboxylic acids is 1. The van der Waals surface area contributed by atoms with E-state index in [1.165, 1.54) is 12.8 Å². The van der Waals surface area contributed by atoms with Crippen molar-refractivity contribution < 1.29 is 4.79 Å². The minimum Gasteiger partial charge on any atom is -0.356 e. The molecule has 35 heavy (non-hydrogen) atoms. The fraction of sp³-hybridized carbons (Fsp3) is 0.357. The van der Waals surface area contributed by atoms with E-state index in [0.717, 1.165) is 66.2 Å². The zero-order valence-corrected chi connectivity index (χ0v) is 20.1. The summed E-state index contributed by atoms with van der Waals surface area (Å²) in [5, 5.41) is 4.87. The number of rotatable bonds is 4. The Morgan fingerprint density at radius 2 is 1.74 bits per heavy atom. The Kier molecular flexibility index (Phi) is 5.68. The predicted molar refractivity (Wildman–Crippen MR) is 136 cm³/mol. The molecule has 2 aliphatic heterocycles. The molecule has 4 aromatic rings. The molecule has 1 unspecified atom stereocenters. The van der Waals surface area contributed by atoms with Gasteiger partial charge in [0.05, 0.1) is 11.7 Å². The van der Waals surface area contributed by atoms with Gasteiger partial charge in [0.1, 0.15) is 11.5 Å². The number of piperidine rings is 1. The van der Waals surface area contributed by atoms with Crippen molar-refractivity contribution >= 4 is 17.4 Å². The van der Waals surface area contributed by atoms with Crippen molar-refractivity contribution in [2.75, 3.05) is 24.5 Å². The third-order valence-electron chi connectivity index (χ3n) is 7.22. The monoisotopic (exact) mass is 466 g/mol. The first-order chi connectivity index (χ1) is 17.2. The Balaban J connectivity index is 1.28. The normalized spacial score (nSPS) is 18.4. The van der Waals surface area contributed by atoms with Crippen molar-refractivity contribution in [1.29, 1.82) is 0 Å². The summed E-state index contributed by atoms with van der Waals surface area (Å²) in [5.41, 5.74) is 5.46. The van der Waals surface area contributed by atoms with Crippen LogP contribution in [0.2, 0.25) is 0 Å². The second kappa shape index (κ2) is 9.13. The Bertz CT molecular complexity index is 1340. The van der Waals surface area contributed by atoms with Crippen molar-refractivity contribution in [2.45, 2.75) is 45.1 Å². The highest BCUT2D eigenvalue weighted by Gasteiger charge is 2.31. The summed E-state index contributed by atoms with van der Waals surface area (Å²) in [6, 6.07) is 15.9. The van der Waals surface area contributed by atoms with Gasteiger partial charge in [-0.05, 0) is 50.7 Å². The third-order valence-corrected chi connectivity index (χ3v) is 7.22. The minimum atomic E-state index is -0.0657. The molecule has 2 aliphatic rings. The van der Waals surface area contributed by atoms with Gasteiger partial charge >= 0.3 is 0 Å². The van der Waals surface area contributed by atoms with Crippen molar-refractivity contribution in [3.63, 3.8) is 0 Å². The van der Waals surface area contributed by atoms with Crippen molar-refractivity contribution in [3.8, 4) is 11.1 Å². The lowest BCUT2D eigenvalue weighted by molar-refractivity contribution is 0.0599. The maximum atomic E-state index is 13.5. The Labute approximate surface area is 205 Å². The van der Waals surface area contributed by atoms with Crippen LogP contribution in [-0.2, 0) is 0 Å². The summed E-state index contributed by atoms with van der Waals surface area (Å²) in [6.45, 7) is 4.94. The highest BCUT2D eigenvalue weighted by Crippen LogP contribution is 2.33. The van der Waals surface area contributed by atoms with Crippen molar-refractivity contribution in [1.82, 2.24) is 24.5 Å². The number of nitrogens with zero attached hydrogens (tertiary/aromatic N) is 6. The molecule has 0 aliphatic carbocycles. The molecule has 1 atom stereocenters. The average Bonchev–Trinajstić information content (AvgIpc) is 3.58. The van der Waals surface area contributed by atoms with Gasteiger partial charge in [0.2, 0.25) is 0 Å². The highest BCUT2D eigenvalue weighted by molar-refractivity contribution is 5.93. The number of hydrogen-bond donors (Lipinski definition) is 0. The summed E-state index contributed by atoms with van der Waals surface area (Å²) < 4.78 is 1.87. The number of aromatic nitrogens is 4. The number of carbonyl (C=O) groups is 1. The average molecular weight is 467 g/mol. The van der Waals surface area contributed by atoms with E-state index in [2.05, 4.69) is 29.1 Å². The largest absolute Gasteiger partial charge is 0.356 e. The molecular weight excluding hydrogens is 436 g/mol. The van der Waals surface area contributed by atoms with Crippen LogP contribution >= 0.6 is 0 Å². The van der Waals surface area contributed by atoms with Crippen LogP contribution in [0, 0.1) is 6.92 Å². The van der Waals surface area contributed by atoms with Crippen LogP contribution in [0.3, 0.4) is 0 Å². The van der Waals surface area contributed by atoms with E-state index < -0.39 is 0 Å². The fourth-order valence-electron chi connectivity index (χ4n) is 5.38. The molecule has 0 spiro atoms. The summed E-state index contributed by atoms with van der Waals surface area (Å²) in [4.78, 5) is 27.3. The Morgan fingerprint density at radius 3 is 2.51 bits per heavy atom. The van der Waals surface area contributed by atoms with Gasteiger partial charge in [0.15, 0.2) is 5.65 Å². The first-order valence-corrected chi connectivity index (χ1v) is 12.6. The van der Waals surface area contributed by atoms with Crippen molar-refractivity contribution in [3.05, 3.63) is 77.9 Å². The summed E-state index contributed by atoms with van der Waals surface area (Å²) >= 11 is 0. The quantitative estimate of drug-likeness (QED) is 0.420. The van der Waals surface area contributed by atoms with Crippen LogP contribution in [-0.4, -0.2) is 50.0 Å². The van der Waals surface area contributed by atoms with Gasteiger partial charge in [-0.3, -0.25) is 9.78 Å². The fourth-order valence-corrected chi connectivity index (χ4v) is 5.38. The third kappa shape index (κ3) is 4.16. The maximum absolute atomic E-state index is 13.5. The molecule has 0 N–H and O–H groups in total. The molecule has 3 aromatic heterocycles. The molecule has 2 fully saturated rings. The summed E-state index contributed by atoms with van der Waals surface area (Å²) in [5.74, 6) is 1.02. The second-order valence-corrected chi connectivity index (χ2v) is 9.62. The summed E-state index contributed by atoms with van der Waals surface area (Å²) in [7, 11) is 0. The van der Waals surface area contributed by atoms with E-state index in [4.69, 9.17) is 10.1 Å². The molecule has 178 valence electrons. The molecule has 7 heteroatoms. The van der Waals surface area contributed by atoms with Gasteiger partial charge in [0.25, 0.3) is 5.91 Å². The van der Waals surface area contributed by atoms with E-state index in [9.17, 15) is 4.79 Å². The van der Waals surface area contributed by atoms with Crippen LogP contribution in [0.15, 0.2) is 60.9 Å². The van der Waals surface area contributed by atoms with Gasteiger partial charge in [-0.2, -0.15) is 5.10 Å². The lowest BCUT2D eigenvalue weighted by Gasteiger charge is -2.34. The van der Waals surface area contributed by atoms with Crippen molar-refractivity contribution in [2.24, 2.45) is 0 Å². The Morgan fingerprint density at radius 1 is 0.943 bits per heavy atom. The Hall–Kier alpha value is -3.74. The van der Waals surface area contributed by atoms with Crippen LogP contribution in [0.4, 0.5) is 5.82 Å². The first-order valence-electron chi connectivity index (χ1n) is 12.6. The number of benzene rings is 1.